The van der Waals surface area contributed by atoms with Crippen molar-refractivity contribution < 1.29 is 9.84 Å². The Morgan fingerprint density at radius 3 is 2.72 bits per heavy atom. The average molecular weight is 336 g/mol. The summed E-state index contributed by atoms with van der Waals surface area (Å²) in [7, 11) is 0. The van der Waals surface area contributed by atoms with Gasteiger partial charge in [0.25, 0.3) is 0 Å². The van der Waals surface area contributed by atoms with E-state index in [4.69, 9.17) is 9.72 Å². The first-order chi connectivity index (χ1) is 12.1. The van der Waals surface area contributed by atoms with Crippen LogP contribution in [0, 0.1) is 13.8 Å². The molecular formula is C21H24N2O2. The van der Waals surface area contributed by atoms with E-state index in [-0.39, 0.29) is 6.61 Å². The average Bonchev–Trinajstić information content (AvgIpc) is 3.39. The number of aromatic nitrogens is 2. The van der Waals surface area contributed by atoms with E-state index in [2.05, 4.69) is 24.5 Å². The Morgan fingerprint density at radius 1 is 1.16 bits per heavy atom. The quantitative estimate of drug-likeness (QED) is 0.741. The second kappa shape index (κ2) is 6.52. The normalized spacial score (nSPS) is 15.5. The molecule has 1 saturated carbocycles. The number of aliphatic hydroxyl groups excluding tert-OH is 1. The molecule has 1 heterocycles. The zero-order valence-corrected chi connectivity index (χ0v) is 14.8. The van der Waals surface area contributed by atoms with Crippen LogP contribution in [-0.2, 0) is 6.54 Å². The molecule has 1 N–H and O–H groups in total. The SMILES string of the molecule is Cc1ccc(OC[C@@H](O)Cn2c(C3CC3)nc3ccccc32)cc1C. The van der Waals surface area contributed by atoms with E-state index in [1.807, 2.05) is 36.4 Å². The molecule has 0 saturated heterocycles. The first-order valence-corrected chi connectivity index (χ1v) is 8.95. The highest BCUT2D eigenvalue weighted by atomic mass is 16.5. The van der Waals surface area contributed by atoms with Gasteiger partial charge in [-0.25, -0.2) is 4.98 Å². The van der Waals surface area contributed by atoms with E-state index in [1.54, 1.807) is 0 Å². The van der Waals surface area contributed by atoms with Crippen LogP contribution in [0.15, 0.2) is 42.5 Å². The zero-order chi connectivity index (χ0) is 17.4. The predicted molar refractivity (Wildman–Crippen MR) is 99.1 cm³/mol. The number of imidazole rings is 1. The molecule has 4 rings (SSSR count). The van der Waals surface area contributed by atoms with Gasteiger partial charge < -0.3 is 14.4 Å². The summed E-state index contributed by atoms with van der Waals surface area (Å²) < 4.78 is 7.96. The summed E-state index contributed by atoms with van der Waals surface area (Å²) in [5.41, 5.74) is 4.54. The van der Waals surface area contributed by atoms with E-state index in [9.17, 15) is 5.11 Å². The Balaban J connectivity index is 1.48. The Hall–Kier alpha value is -2.33. The molecule has 1 fully saturated rings. The minimum Gasteiger partial charge on any atom is -0.491 e. The second-order valence-corrected chi connectivity index (χ2v) is 7.05. The Bertz CT molecular complexity index is 896. The molecule has 0 amide bonds. The molecule has 2 aromatic carbocycles. The monoisotopic (exact) mass is 336 g/mol. The summed E-state index contributed by atoms with van der Waals surface area (Å²) in [5.74, 6) is 2.45. The van der Waals surface area contributed by atoms with Gasteiger partial charge in [0.2, 0.25) is 0 Å². The minimum absolute atomic E-state index is 0.277. The van der Waals surface area contributed by atoms with Gasteiger partial charge in [-0.3, -0.25) is 0 Å². The molecule has 4 nitrogen and oxygen atoms in total. The summed E-state index contributed by atoms with van der Waals surface area (Å²) in [4.78, 5) is 4.78. The smallest absolute Gasteiger partial charge is 0.119 e. The molecular weight excluding hydrogens is 312 g/mol. The number of aliphatic hydroxyl groups is 1. The third kappa shape index (κ3) is 3.40. The standard InChI is InChI=1S/C21H24N2O2/c1-14-7-10-18(11-15(14)2)25-13-17(24)12-23-20-6-4-3-5-19(20)22-21(23)16-8-9-16/h3-7,10-11,16-17,24H,8-9,12-13H2,1-2H3/t17-/m0/s1. The predicted octanol–water partition coefficient (Wildman–Crippen LogP) is 3.97. The Morgan fingerprint density at radius 2 is 1.96 bits per heavy atom. The molecule has 130 valence electrons. The van der Waals surface area contributed by atoms with Crippen molar-refractivity contribution in [2.75, 3.05) is 6.61 Å². The second-order valence-electron chi connectivity index (χ2n) is 7.05. The first-order valence-electron chi connectivity index (χ1n) is 8.95. The maximum atomic E-state index is 10.5. The summed E-state index contributed by atoms with van der Waals surface area (Å²) in [6.45, 7) is 4.94. The molecule has 0 unspecified atom stereocenters. The topological polar surface area (TPSA) is 47.3 Å². The lowest BCUT2D eigenvalue weighted by Gasteiger charge is -2.16. The van der Waals surface area contributed by atoms with E-state index in [0.29, 0.717) is 12.5 Å². The van der Waals surface area contributed by atoms with Gasteiger partial charge in [0.1, 0.15) is 24.3 Å². The lowest BCUT2D eigenvalue weighted by atomic mass is 10.1. The van der Waals surface area contributed by atoms with Crippen molar-refractivity contribution in [1.82, 2.24) is 9.55 Å². The van der Waals surface area contributed by atoms with Crippen LogP contribution in [0.2, 0.25) is 0 Å². The molecule has 0 radical (unpaired) electrons. The van der Waals surface area contributed by atoms with Crippen LogP contribution in [0.5, 0.6) is 5.75 Å². The number of fused-ring (bicyclic) bond motifs is 1. The summed E-state index contributed by atoms with van der Waals surface area (Å²) in [6.07, 6.45) is 1.81. The third-order valence-electron chi connectivity index (χ3n) is 4.94. The number of rotatable bonds is 6. The van der Waals surface area contributed by atoms with E-state index >= 15 is 0 Å². The molecule has 1 aliphatic carbocycles. The van der Waals surface area contributed by atoms with Gasteiger partial charge in [0.15, 0.2) is 0 Å². The van der Waals surface area contributed by atoms with Crippen LogP contribution in [0.1, 0.15) is 35.7 Å². The molecule has 3 aromatic rings. The van der Waals surface area contributed by atoms with Crippen LogP contribution in [0.3, 0.4) is 0 Å². The lowest BCUT2D eigenvalue weighted by molar-refractivity contribution is 0.0927. The number of nitrogens with zero attached hydrogens (tertiary/aromatic N) is 2. The van der Waals surface area contributed by atoms with Crippen molar-refractivity contribution in [2.24, 2.45) is 0 Å². The summed E-state index contributed by atoms with van der Waals surface area (Å²) >= 11 is 0. The highest BCUT2D eigenvalue weighted by molar-refractivity contribution is 5.76. The highest BCUT2D eigenvalue weighted by Crippen LogP contribution is 2.40. The number of benzene rings is 2. The van der Waals surface area contributed by atoms with Crippen molar-refractivity contribution in [3.05, 3.63) is 59.4 Å². The molecule has 4 heteroatoms. The van der Waals surface area contributed by atoms with Crippen LogP contribution >= 0.6 is 0 Å². The molecule has 25 heavy (non-hydrogen) atoms. The molecule has 1 atom stereocenters. The fourth-order valence-corrected chi connectivity index (χ4v) is 3.20. The number of hydrogen-bond donors (Lipinski definition) is 1. The molecule has 0 bridgehead atoms. The maximum Gasteiger partial charge on any atom is 0.119 e. The van der Waals surface area contributed by atoms with Gasteiger partial charge in [0, 0.05) is 5.92 Å². The van der Waals surface area contributed by atoms with Gasteiger partial charge in [-0.15, -0.1) is 0 Å². The largest absolute Gasteiger partial charge is 0.491 e. The number of para-hydroxylation sites is 2. The van der Waals surface area contributed by atoms with Crippen molar-refractivity contribution in [2.45, 2.75) is 45.3 Å². The maximum absolute atomic E-state index is 10.5. The first kappa shape index (κ1) is 16.2. The third-order valence-corrected chi connectivity index (χ3v) is 4.94. The van der Waals surface area contributed by atoms with Crippen LogP contribution < -0.4 is 4.74 Å². The zero-order valence-electron chi connectivity index (χ0n) is 14.8. The number of ether oxygens (including phenoxy) is 1. The minimum atomic E-state index is -0.572. The fourth-order valence-electron chi connectivity index (χ4n) is 3.20. The van der Waals surface area contributed by atoms with Crippen molar-refractivity contribution in [3.63, 3.8) is 0 Å². The van der Waals surface area contributed by atoms with Crippen molar-refractivity contribution >= 4 is 11.0 Å². The Kier molecular flexibility index (Phi) is 4.22. The number of aryl methyl sites for hydroxylation is 2. The molecule has 1 aromatic heterocycles. The van der Waals surface area contributed by atoms with Crippen molar-refractivity contribution in [3.8, 4) is 5.75 Å². The fraction of sp³-hybridized carbons (Fsp3) is 0.381. The van der Waals surface area contributed by atoms with E-state index < -0.39 is 6.10 Å². The van der Waals surface area contributed by atoms with E-state index in [0.717, 1.165) is 22.6 Å². The Labute approximate surface area is 148 Å². The van der Waals surface area contributed by atoms with Crippen LogP contribution in [0.4, 0.5) is 0 Å². The molecule has 0 spiro atoms. The van der Waals surface area contributed by atoms with Gasteiger partial charge in [-0.1, -0.05) is 18.2 Å². The van der Waals surface area contributed by atoms with Crippen LogP contribution in [-0.4, -0.2) is 27.4 Å². The number of hydrogen-bond acceptors (Lipinski definition) is 3. The van der Waals surface area contributed by atoms with Gasteiger partial charge in [0.05, 0.1) is 17.6 Å². The summed E-state index contributed by atoms with van der Waals surface area (Å²) in [5, 5.41) is 10.5. The summed E-state index contributed by atoms with van der Waals surface area (Å²) in [6, 6.07) is 14.2. The van der Waals surface area contributed by atoms with Gasteiger partial charge >= 0.3 is 0 Å². The molecule has 0 aliphatic heterocycles. The van der Waals surface area contributed by atoms with Crippen molar-refractivity contribution in [1.29, 1.82) is 0 Å². The van der Waals surface area contributed by atoms with E-state index in [1.165, 1.54) is 24.0 Å². The van der Waals surface area contributed by atoms with Crippen LogP contribution in [0.25, 0.3) is 11.0 Å². The van der Waals surface area contributed by atoms with Gasteiger partial charge in [-0.05, 0) is 62.1 Å². The highest BCUT2D eigenvalue weighted by Gasteiger charge is 2.30. The van der Waals surface area contributed by atoms with Gasteiger partial charge in [-0.2, -0.15) is 0 Å². The lowest BCUT2D eigenvalue weighted by Crippen LogP contribution is -2.24. The molecule has 1 aliphatic rings.